The molecule has 0 atom stereocenters. The third kappa shape index (κ3) is 9.48. The second kappa shape index (κ2) is 8.58. The van der Waals surface area contributed by atoms with Crippen LogP contribution in [0.3, 0.4) is 0 Å². The Kier molecular flexibility index (Phi) is 8.20. The maximum atomic E-state index is 5.11. The first-order valence-corrected chi connectivity index (χ1v) is 4.49. The van der Waals surface area contributed by atoms with E-state index in [-0.39, 0.29) is 0 Å². The fraction of sp³-hybridized carbons (Fsp3) is 0.800. The van der Waals surface area contributed by atoms with Crippen LogP contribution in [-0.4, -0.2) is 26.3 Å². The Morgan fingerprint density at radius 3 is 2.83 bits per heavy atom. The molecule has 0 aromatic carbocycles. The van der Waals surface area contributed by atoms with E-state index in [2.05, 4.69) is 25.1 Å². The van der Waals surface area contributed by atoms with E-state index in [0.717, 1.165) is 32.0 Å². The zero-order valence-electron chi connectivity index (χ0n) is 8.10. The van der Waals surface area contributed by atoms with Gasteiger partial charge in [-0.25, -0.2) is 0 Å². The molecule has 0 heterocycles. The molecule has 0 aliphatic carbocycles. The minimum atomic E-state index is 0.435. The molecule has 0 aliphatic heterocycles. The summed E-state index contributed by atoms with van der Waals surface area (Å²) >= 11 is 0. The number of terminal acetylenes is 1. The Morgan fingerprint density at radius 1 is 1.50 bits per heavy atom. The van der Waals surface area contributed by atoms with Crippen LogP contribution in [0.1, 0.15) is 20.3 Å². The van der Waals surface area contributed by atoms with Gasteiger partial charge in [-0.15, -0.1) is 6.42 Å². The summed E-state index contributed by atoms with van der Waals surface area (Å²) in [5.41, 5.74) is 0. The standard InChI is InChI=1S/C10H19NO/c1-4-7-12-8-5-6-11-9-10(2)3/h1,10-11H,5-9H2,2-3H3. The van der Waals surface area contributed by atoms with Gasteiger partial charge in [0.15, 0.2) is 0 Å². The molecule has 0 unspecified atom stereocenters. The highest BCUT2D eigenvalue weighted by atomic mass is 16.5. The molecule has 0 rings (SSSR count). The van der Waals surface area contributed by atoms with Crippen molar-refractivity contribution in [3.63, 3.8) is 0 Å². The molecule has 0 fully saturated rings. The normalized spacial score (nSPS) is 10.2. The molecule has 0 bridgehead atoms. The van der Waals surface area contributed by atoms with Crippen molar-refractivity contribution in [1.82, 2.24) is 5.32 Å². The maximum absolute atomic E-state index is 5.11. The summed E-state index contributed by atoms with van der Waals surface area (Å²) < 4.78 is 5.11. The van der Waals surface area contributed by atoms with E-state index >= 15 is 0 Å². The Hall–Kier alpha value is -0.520. The average molecular weight is 169 g/mol. The number of hydrogen-bond acceptors (Lipinski definition) is 2. The lowest BCUT2D eigenvalue weighted by molar-refractivity contribution is 0.163. The lowest BCUT2D eigenvalue weighted by Crippen LogP contribution is -2.21. The van der Waals surface area contributed by atoms with Gasteiger partial charge < -0.3 is 10.1 Å². The van der Waals surface area contributed by atoms with Gasteiger partial charge in [-0.2, -0.15) is 0 Å². The first kappa shape index (κ1) is 11.5. The van der Waals surface area contributed by atoms with Crippen LogP contribution < -0.4 is 5.32 Å². The zero-order chi connectivity index (χ0) is 9.23. The molecule has 2 nitrogen and oxygen atoms in total. The molecule has 0 saturated carbocycles. The molecule has 0 amide bonds. The van der Waals surface area contributed by atoms with E-state index in [0.29, 0.717) is 6.61 Å². The van der Waals surface area contributed by atoms with Crippen LogP contribution in [0, 0.1) is 18.3 Å². The van der Waals surface area contributed by atoms with Gasteiger partial charge in [0.25, 0.3) is 0 Å². The number of rotatable bonds is 7. The molecular weight excluding hydrogens is 150 g/mol. The van der Waals surface area contributed by atoms with Crippen LogP contribution >= 0.6 is 0 Å². The van der Waals surface area contributed by atoms with Gasteiger partial charge in [-0.1, -0.05) is 19.8 Å². The lowest BCUT2D eigenvalue weighted by atomic mass is 10.2. The van der Waals surface area contributed by atoms with Crippen molar-refractivity contribution in [2.75, 3.05) is 26.3 Å². The summed E-state index contributed by atoms with van der Waals surface area (Å²) in [4.78, 5) is 0. The first-order valence-electron chi connectivity index (χ1n) is 4.49. The summed E-state index contributed by atoms with van der Waals surface area (Å²) in [5.74, 6) is 3.15. The zero-order valence-corrected chi connectivity index (χ0v) is 8.10. The van der Waals surface area contributed by atoms with Crippen LogP contribution in [0.15, 0.2) is 0 Å². The molecule has 0 aromatic heterocycles. The van der Waals surface area contributed by atoms with Gasteiger partial charge in [0.05, 0.1) is 0 Å². The monoisotopic (exact) mass is 169 g/mol. The predicted octanol–water partition coefficient (Wildman–Crippen LogP) is 1.27. The van der Waals surface area contributed by atoms with Crippen LogP contribution in [0.2, 0.25) is 0 Å². The van der Waals surface area contributed by atoms with E-state index in [4.69, 9.17) is 11.2 Å². The highest BCUT2D eigenvalue weighted by molar-refractivity contribution is 4.82. The van der Waals surface area contributed by atoms with Gasteiger partial charge in [0, 0.05) is 6.61 Å². The smallest absolute Gasteiger partial charge is 0.107 e. The fourth-order valence-corrected chi connectivity index (χ4v) is 0.821. The van der Waals surface area contributed by atoms with E-state index in [9.17, 15) is 0 Å². The molecular formula is C10H19NO. The van der Waals surface area contributed by atoms with Gasteiger partial charge in [-0.05, 0) is 25.4 Å². The maximum Gasteiger partial charge on any atom is 0.107 e. The lowest BCUT2D eigenvalue weighted by Gasteiger charge is -2.06. The van der Waals surface area contributed by atoms with Crippen molar-refractivity contribution in [1.29, 1.82) is 0 Å². The number of hydrogen-bond donors (Lipinski definition) is 1. The molecule has 12 heavy (non-hydrogen) atoms. The van der Waals surface area contributed by atoms with Crippen LogP contribution in [0.25, 0.3) is 0 Å². The molecule has 0 saturated heterocycles. The van der Waals surface area contributed by atoms with Gasteiger partial charge >= 0.3 is 0 Å². The molecule has 0 aromatic rings. The fourth-order valence-electron chi connectivity index (χ4n) is 0.821. The van der Waals surface area contributed by atoms with Crippen molar-refractivity contribution in [3.8, 4) is 12.3 Å². The van der Waals surface area contributed by atoms with E-state index in [1.54, 1.807) is 0 Å². The highest BCUT2D eigenvalue weighted by Gasteiger charge is 1.91. The van der Waals surface area contributed by atoms with Gasteiger partial charge in [-0.3, -0.25) is 0 Å². The molecule has 70 valence electrons. The Morgan fingerprint density at radius 2 is 2.25 bits per heavy atom. The predicted molar refractivity (Wildman–Crippen MR) is 52.0 cm³/mol. The van der Waals surface area contributed by atoms with Crippen LogP contribution in [0.4, 0.5) is 0 Å². The minimum absolute atomic E-state index is 0.435. The topological polar surface area (TPSA) is 21.3 Å². The van der Waals surface area contributed by atoms with Crippen molar-refractivity contribution in [3.05, 3.63) is 0 Å². The second-order valence-corrected chi connectivity index (χ2v) is 3.21. The van der Waals surface area contributed by atoms with E-state index < -0.39 is 0 Å². The molecule has 0 spiro atoms. The SMILES string of the molecule is C#CCOCCCNCC(C)C. The molecule has 0 aliphatic rings. The number of ether oxygens (including phenoxy) is 1. The molecule has 2 heteroatoms. The van der Waals surface area contributed by atoms with Crippen LogP contribution in [0.5, 0.6) is 0 Å². The Labute approximate surface area is 75.7 Å². The summed E-state index contributed by atoms with van der Waals surface area (Å²) in [6.07, 6.45) is 6.05. The summed E-state index contributed by atoms with van der Waals surface area (Å²) in [6, 6.07) is 0. The summed E-state index contributed by atoms with van der Waals surface area (Å²) in [5, 5.41) is 3.33. The number of nitrogens with one attached hydrogen (secondary N) is 1. The summed E-state index contributed by atoms with van der Waals surface area (Å²) in [6.45, 7) is 7.68. The third-order valence-corrected chi connectivity index (χ3v) is 1.38. The highest BCUT2D eigenvalue weighted by Crippen LogP contribution is 1.87. The largest absolute Gasteiger partial charge is 0.369 e. The average Bonchev–Trinajstić information content (AvgIpc) is 2.02. The molecule has 0 radical (unpaired) electrons. The van der Waals surface area contributed by atoms with Gasteiger partial charge in [0.1, 0.15) is 6.61 Å². The minimum Gasteiger partial charge on any atom is -0.369 e. The third-order valence-electron chi connectivity index (χ3n) is 1.38. The Bertz CT molecular complexity index is 126. The second-order valence-electron chi connectivity index (χ2n) is 3.21. The van der Waals surface area contributed by atoms with E-state index in [1.807, 2.05) is 0 Å². The van der Waals surface area contributed by atoms with Crippen molar-refractivity contribution in [2.24, 2.45) is 5.92 Å². The van der Waals surface area contributed by atoms with Crippen molar-refractivity contribution in [2.45, 2.75) is 20.3 Å². The van der Waals surface area contributed by atoms with Crippen molar-refractivity contribution >= 4 is 0 Å². The summed E-state index contributed by atoms with van der Waals surface area (Å²) in [7, 11) is 0. The van der Waals surface area contributed by atoms with E-state index in [1.165, 1.54) is 0 Å². The first-order chi connectivity index (χ1) is 5.77. The van der Waals surface area contributed by atoms with Gasteiger partial charge in [0.2, 0.25) is 0 Å². The molecule has 1 N–H and O–H groups in total. The quantitative estimate of drug-likeness (QED) is 0.458. The van der Waals surface area contributed by atoms with Crippen LogP contribution in [-0.2, 0) is 4.74 Å². The van der Waals surface area contributed by atoms with Crippen molar-refractivity contribution < 1.29 is 4.74 Å². The Balaban J connectivity index is 2.87.